The van der Waals surface area contributed by atoms with E-state index in [1.54, 1.807) is 48.5 Å². The number of thioether (sulfide) groups is 1. The summed E-state index contributed by atoms with van der Waals surface area (Å²) >= 11 is 2.84. The van der Waals surface area contributed by atoms with Gasteiger partial charge < -0.3 is 20.7 Å². The number of ether oxygens (including phenoxy) is 1. The van der Waals surface area contributed by atoms with Gasteiger partial charge in [-0.1, -0.05) is 97.1 Å². The van der Waals surface area contributed by atoms with Crippen LogP contribution in [0.2, 0.25) is 0 Å². The van der Waals surface area contributed by atoms with E-state index in [2.05, 4.69) is 46.3 Å². The molecule has 0 bridgehead atoms. The molecule has 1 heterocycles. The molecule has 8 nitrogen and oxygen atoms in total. The SMILES string of the molecule is CC(Sc1cccc(NC(=O)/C(=C/c2ccc(OCc3ccccc3)cc2)NC(=O)c2ccccc2)c1)C(=O)Nc1sc2c(c1C#N)CCC(c1ccccc1)C2. The van der Waals surface area contributed by atoms with Crippen LogP contribution in [0.5, 0.6) is 5.75 Å². The fraction of sp³-hybridized carbons (Fsp3) is 0.149. The predicted octanol–water partition coefficient (Wildman–Crippen LogP) is 10.0. The molecule has 1 aliphatic carbocycles. The molecule has 6 aromatic rings. The van der Waals surface area contributed by atoms with E-state index in [1.807, 2.05) is 79.7 Å². The van der Waals surface area contributed by atoms with Crippen molar-refractivity contribution < 1.29 is 19.1 Å². The molecule has 0 saturated heterocycles. The van der Waals surface area contributed by atoms with Crippen LogP contribution in [0.15, 0.2) is 150 Å². The molecule has 3 N–H and O–H groups in total. The highest BCUT2D eigenvalue weighted by atomic mass is 32.2. The number of anilines is 2. The van der Waals surface area contributed by atoms with Crippen molar-refractivity contribution in [3.63, 3.8) is 0 Å². The fourth-order valence-electron chi connectivity index (χ4n) is 6.63. The van der Waals surface area contributed by atoms with Gasteiger partial charge >= 0.3 is 0 Å². The number of carbonyl (C=O) groups is 3. The van der Waals surface area contributed by atoms with Gasteiger partial charge in [0.05, 0.1) is 10.8 Å². The van der Waals surface area contributed by atoms with E-state index in [9.17, 15) is 19.6 Å². The Labute approximate surface area is 340 Å². The van der Waals surface area contributed by atoms with Crippen LogP contribution in [0, 0.1) is 11.3 Å². The lowest BCUT2D eigenvalue weighted by Crippen LogP contribution is -2.30. The van der Waals surface area contributed by atoms with E-state index in [1.165, 1.54) is 28.7 Å². The zero-order chi connectivity index (χ0) is 39.6. The van der Waals surface area contributed by atoms with Crippen LogP contribution < -0.4 is 20.7 Å². The Balaban J connectivity index is 1.01. The number of fused-ring (bicyclic) bond motifs is 1. The largest absolute Gasteiger partial charge is 0.489 e. The first kappa shape index (κ1) is 38.8. The van der Waals surface area contributed by atoms with Crippen LogP contribution in [-0.2, 0) is 29.0 Å². The van der Waals surface area contributed by atoms with Crippen LogP contribution in [0.1, 0.15) is 62.3 Å². The monoisotopic (exact) mass is 788 g/mol. The third-order valence-electron chi connectivity index (χ3n) is 9.63. The van der Waals surface area contributed by atoms with Crippen molar-refractivity contribution in [1.29, 1.82) is 5.26 Å². The van der Waals surface area contributed by atoms with Crippen LogP contribution in [-0.4, -0.2) is 23.0 Å². The van der Waals surface area contributed by atoms with Crippen molar-refractivity contribution in [3.8, 4) is 11.8 Å². The van der Waals surface area contributed by atoms with Gasteiger partial charge in [0.25, 0.3) is 11.8 Å². The summed E-state index contributed by atoms with van der Waals surface area (Å²) in [5.41, 5.74) is 5.59. The first-order valence-electron chi connectivity index (χ1n) is 18.7. The number of nitrogens with zero attached hydrogens (tertiary/aromatic N) is 1. The summed E-state index contributed by atoms with van der Waals surface area (Å²) in [7, 11) is 0. The number of amides is 3. The van der Waals surface area contributed by atoms with Gasteiger partial charge in [-0.3, -0.25) is 14.4 Å². The minimum absolute atomic E-state index is 0.0506. The molecule has 0 radical (unpaired) electrons. The first-order valence-corrected chi connectivity index (χ1v) is 20.4. The first-order chi connectivity index (χ1) is 27.8. The van der Waals surface area contributed by atoms with Crippen LogP contribution >= 0.6 is 23.1 Å². The van der Waals surface area contributed by atoms with Gasteiger partial charge in [-0.05, 0) is 103 Å². The Morgan fingerprint density at radius 1 is 0.877 bits per heavy atom. The van der Waals surface area contributed by atoms with Gasteiger partial charge in [0.1, 0.15) is 29.1 Å². The zero-order valence-corrected chi connectivity index (χ0v) is 32.9. The number of benzene rings is 5. The molecule has 0 aliphatic heterocycles. The maximum atomic E-state index is 13.8. The molecule has 0 fully saturated rings. The average molecular weight is 789 g/mol. The smallest absolute Gasteiger partial charge is 0.272 e. The molecular weight excluding hydrogens is 749 g/mol. The number of thiophene rings is 1. The van der Waals surface area contributed by atoms with Crippen molar-refractivity contribution >= 4 is 57.6 Å². The molecule has 7 rings (SSSR count). The molecule has 2 unspecified atom stereocenters. The normalized spacial score (nSPS) is 14.0. The highest BCUT2D eigenvalue weighted by Crippen LogP contribution is 2.42. The van der Waals surface area contributed by atoms with Crippen molar-refractivity contribution in [2.75, 3.05) is 10.6 Å². The summed E-state index contributed by atoms with van der Waals surface area (Å²) in [5, 5.41) is 18.9. The van der Waals surface area contributed by atoms with Crippen molar-refractivity contribution in [2.24, 2.45) is 0 Å². The lowest BCUT2D eigenvalue weighted by atomic mass is 9.83. The van der Waals surface area contributed by atoms with Gasteiger partial charge in [0, 0.05) is 21.0 Å². The van der Waals surface area contributed by atoms with E-state index < -0.39 is 17.1 Å². The summed E-state index contributed by atoms with van der Waals surface area (Å²) in [6.45, 7) is 2.24. The molecule has 0 spiro atoms. The topological polar surface area (TPSA) is 120 Å². The summed E-state index contributed by atoms with van der Waals surface area (Å²) in [6, 6.07) is 45.8. The van der Waals surface area contributed by atoms with E-state index in [0.717, 1.165) is 40.2 Å². The Morgan fingerprint density at radius 3 is 2.30 bits per heavy atom. The molecule has 1 aliphatic rings. The van der Waals surface area contributed by atoms with Gasteiger partial charge in [-0.25, -0.2) is 0 Å². The highest BCUT2D eigenvalue weighted by Gasteiger charge is 2.28. The molecule has 57 heavy (non-hydrogen) atoms. The Hall–Kier alpha value is -6.41. The minimum Gasteiger partial charge on any atom is -0.489 e. The second kappa shape index (κ2) is 18.5. The maximum Gasteiger partial charge on any atom is 0.272 e. The van der Waals surface area contributed by atoms with Gasteiger partial charge in [0.15, 0.2) is 0 Å². The molecule has 10 heteroatoms. The second-order valence-corrected chi connectivity index (χ2v) is 16.1. The number of hydrogen-bond donors (Lipinski definition) is 3. The number of nitrogens with one attached hydrogen (secondary N) is 3. The minimum atomic E-state index is -0.517. The summed E-state index contributed by atoms with van der Waals surface area (Å²) in [4.78, 5) is 42.4. The molecule has 284 valence electrons. The third kappa shape index (κ3) is 10.1. The molecule has 3 amide bonds. The third-order valence-corrected chi connectivity index (χ3v) is 11.9. The zero-order valence-electron chi connectivity index (χ0n) is 31.2. The van der Waals surface area contributed by atoms with Gasteiger partial charge in [-0.2, -0.15) is 5.26 Å². The average Bonchev–Trinajstić information content (AvgIpc) is 3.60. The van der Waals surface area contributed by atoms with Crippen molar-refractivity contribution in [2.45, 2.75) is 48.9 Å². The summed E-state index contributed by atoms with van der Waals surface area (Å²) in [5.74, 6) is -0.0969. The Kier molecular flexibility index (Phi) is 12.6. The predicted molar refractivity (Wildman–Crippen MR) is 228 cm³/mol. The fourth-order valence-corrected chi connectivity index (χ4v) is 8.84. The Morgan fingerprint density at radius 2 is 1.58 bits per heavy atom. The van der Waals surface area contributed by atoms with Crippen LogP contribution in [0.25, 0.3) is 6.08 Å². The van der Waals surface area contributed by atoms with Crippen LogP contribution in [0.4, 0.5) is 10.7 Å². The number of hydrogen-bond acceptors (Lipinski definition) is 7. The lowest BCUT2D eigenvalue weighted by molar-refractivity contribution is -0.115. The highest BCUT2D eigenvalue weighted by molar-refractivity contribution is 8.00. The Bertz CT molecular complexity index is 2430. The quantitative estimate of drug-likeness (QED) is 0.0792. The molecule has 5 aromatic carbocycles. The van der Waals surface area contributed by atoms with Crippen LogP contribution in [0.3, 0.4) is 0 Å². The summed E-state index contributed by atoms with van der Waals surface area (Å²) in [6.07, 6.45) is 4.22. The molecule has 1 aromatic heterocycles. The summed E-state index contributed by atoms with van der Waals surface area (Å²) < 4.78 is 5.92. The lowest BCUT2D eigenvalue weighted by Gasteiger charge is -2.22. The van der Waals surface area contributed by atoms with Gasteiger partial charge in [-0.15, -0.1) is 23.1 Å². The number of rotatable bonds is 13. The standard InChI is InChI=1S/C47H40N4O4S2/c1-31(44(52)51-47-41(29-48)40-25-22-36(27-43(40)57-47)34-14-7-3-8-15-34)56-39-19-11-18-37(28-39)49-46(54)42(50-45(53)35-16-9-4-10-17-35)26-32-20-23-38(24-21-32)55-30-33-12-5-2-6-13-33/h2-21,23-24,26,28,31,36H,22,25,27,30H2,1H3,(H,49,54)(H,50,53)(H,51,52)/b42-26-. The molecule has 2 atom stereocenters. The van der Waals surface area contributed by atoms with E-state index in [4.69, 9.17) is 4.74 Å². The van der Waals surface area contributed by atoms with E-state index >= 15 is 0 Å². The van der Waals surface area contributed by atoms with Gasteiger partial charge in [0.2, 0.25) is 5.91 Å². The van der Waals surface area contributed by atoms with E-state index in [0.29, 0.717) is 45.7 Å². The van der Waals surface area contributed by atoms with E-state index in [-0.39, 0.29) is 11.6 Å². The van der Waals surface area contributed by atoms with Crippen molar-refractivity contribution in [3.05, 3.63) is 183 Å². The number of carbonyl (C=O) groups excluding carboxylic acids is 3. The maximum absolute atomic E-state index is 13.8. The molecule has 0 saturated carbocycles. The number of nitriles is 1. The second-order valence-electron chi connectivity index (χ2n) is 13.6. The van der Waals surface area contributed by atoms with Crippen molar-refractivity contribution in [1.82, 2.24) is 5.32 Å². The molecular formula is C47H40N4O4S2.